The first-order valence-corrected chi connectivity index (χ1v) is 11.6. The fourth-order valence-electron chi connectivity index (χ4n) is 2.56. The number of amides is 3. The number of anilines is 2. The maximum Gasteiger partial charge on any atom is 0.362 e. The molecule has 15 nitrogen and oxygen atoms in total. The third-order valence-corrected chi connectivity index (χ3v) is 6.27. The van der Waals surface area contributed by atoms with E-state index in [1.165, 1.54) is 17.9 Å². The van der Waals surface area contributed by atoms with Gasteiger partial charge in [0, 0.05) is 10.8 Å². The number of nitrogens with two attached hydrogens (primary N) is 2. The summed E-state index contributed by atoms with van der Waals surface area (Å²) >= 11 is 2.06. The molecule has 172 valence electrons. The molecule has 0 radical (unpaired) electrons. The molecule has 0 aliphatic carbocycles. The highest BCUT2D eigenvalue weighted by Gasteiger charge is 2.45. The largest absolute Gasteiger partial charge is 0.398 e. The average Bonchev–Trinajstić information content (AvgIpc) is 3.33. The summed E-state index contributed by atoms with van der Waals surface area (Å²) < 4.78 is 31.2. The van der Waals surface area contributed by atoms with Crippen LogP contribution >= 0.6 is 22.7 Å². The molecule has 0 aromatic carbocycles. The molecule has 3 rings (SSSR count). The Bertz CT molecular complexity index is 1190. The predicted octanol–water partition coefficient (Wildman–Crippen LogP) is -1.90. The van der Waals surface area contributed by atoms with Gasteiger partial charge in [0.05, 0.1) is 12.2 Å². The zero-order valence-corrected chi connectivity index (χ0v) is 18.5. The van der Waals surface area contributed by atoms with E-state index in [4.69, 9.17) is 16.0 Å². The van der Waals surface area contributed by atoms with Crippen molar-refractivity contribution in [2.45, 2.75) is 12.1 Å². The number of rotatable bonds is 8. The van der Waals surface area contributed by atoms with Gasteiger partial charge in [-0.25, -0.2) is 14.3 Å². The molecule has 2 unspecified atom stereocenters. The van der Waals surface area contributed by atoms with Crippen LogP contribution in [0.4, 0.5) is 10.3 Å². The molecule has 32 heavy (non-hydrogen) atoms. The fraction of sp³-hybridized carbons (Fsp3) is 0.286. The Kier molecular flexibility index (Phi) is 6.57. The summed E-state index contributed by atoms with van der Waals surface area (Å²) in [7, 11) is -3.52. The molecule has 7 N–H and O–H groups in total. The lowest BCUT2D eigenvalue weighted by Gasteiger charge is -2.35. The summed E-state index contributed by atoms with van der Waals surface area (Å²) in [5, 5.41) is 11.5. The zero-order chi connectivity index (χ0) is 23.6. The van der Waals surface area contributed by atoms with Crippen LogP contribution in [0.3, 0.4) is 0 Å². The van der Waals surface area contributed by atoms with Gasteiger partial charge in [0.15, 0.2) is 22.0 Å². The summed E-state index contributed by atoms with van der Waals surface area (Å²) in [6.07, 6.45) is 0. The summed E-state index contributed by atoms with van der Waals surface area (Å²) in [5.41, 5.74) is 11.1. The van der Waals surface area contributed by atoms with Crippen LogP contribution in [0.25, 0.3) is 0 Å². The second kappa shape index (κ2) is 9.02. The lowest BCUT2D eigenvalue weighted by Crippen LogP contribution is -2.66. The molecule has 1 aliphatic heterocycles. The third kappa shape index (κ3) is 4.93. The van der Waals surface area contributed by atoms with Crippen LogP contribution in [0.5, 0.6) is 0 Å². The van der Waals surface area contributed by atoms with Crippen LogP contribution in [0, 0.1) is 0 Å². The molecule has 2 atom stereocenters. The lowest BCUT2D eigenvalue weighted by molar-refractivity contribution is -0.141. The van der Waals surface area contributed by atoms with Gasteiger partial charge in [-0.2, -0.15) is 8.42 Å². The molecule has 1 fully saturated rings. The Morgan fingerprint density at radius 2 is 1.97 bits per heavy atom. The lowest BCUT2D eigenvalue weighted by atomic mass is 10.1. The minimum atomic E-state index is -4.73. The number of hydrogen-bond donors (Lipinski definition) is 5. The number of nitrogen functional groups attached to an aromatic ring is 2. The number of carbonyl (C=O) groups is 3. The second-order valence-corrected chi connectivity index (χ2v) is 9.23. The van der Waals surface area contributed by atoms with Gasteiger partial charge in [0.2, 0.25) is 5.91 Å². The van der Waals surface area contributed by atoms with Crippen molar-refractivity contribution in [1.29, 1.82) is 0 Å². The Hall–Kier alpha value is -3.35. The van der Waals surface area contributed by atoms with Crippen LogP contribution in [-0.4, -0.2) is 70.4 Å². The first-order valence-electron chi connectivity index (χ1n) is 8.45. The predicted molar refractivity (Wildman–Crippen MR) is 113 cm³/mol. The van der Waals surface area contributed by atoms with E-state index in [2.05, 4.69) is 30.6 Å². The Labute approximate surface area is 188 Å². The summed E-state index contributed by atoms with van der Waals surface area (Å²) in [5.74, 6) is -2.79. The number of aromatic nitrogens is 2. The van der Waals surface area contributed by atoms with Crippen molar-refractivity contribution in [1.82, 2.24) is 24.9 Å². The number of hydrogen-bond acceptors (Lipinski definition) is 13. The van der Waals surface area contributed by atoms with E-state index in [0.29, 0.717) is 0 Å². The molecule has 1 saturated heterocycles. The highest BCUT2D eigenvalue weighted by Crippen LogP contribution is 2.21. The van der Waals surface area contributed by atoms with Crippen molar-refractivity contribution in [2.75, 3.05) is 25.1 Å². The Balaban J connectivity index is 1.80. The minimum Gasteiger partial charge on any atom is -0.398 e. The van der Waals surface area contributed by atoms with E-state index in [0.717, 1.165) is 22.7 Å². The topological polar surface area (TPSA) is 232 Å². The molecule has 0 spiro atoms. The van der Waals surface area contributed by atoms with Crippen molar-refractivity contribution in [2.24, 2.45) is 5.16 Å². The quantitative estimate of drug-likeness (QED) is 0.115. The van der Waals surface area contributed by atoms with Gasteiger partial charge < -0.3 is 26.9 Å². The van der Waals surface area contributed by atoms with Crippen LogP contribution in [0.1, 0.15) is 17.4 Å². The Morgan fingerprint density at radius 3 is 2.47 bits per heavy atom. The molecule has 2 aromatic rings. The second-order valence-electron chi connectivity index (χ2n) is 6.12. The number of thiazole rings is 2. The highest BCUT2D eigenvalue weighted by atomic mass is 32.2. The highest BCUT2D eigenvalue weighted by molar-refractivity contribution is 7.84. The van der Waals surface area contributed by atoms with E-state index in [9.17, 15) is 22.8 Å². The van der Waals surface area contributed by atoms with Gasteiger partial charge in [-0.15, -0.1) is 22.7 Å². The number of nitrogens with zero attached hydrogens (tertiary/aromatic N) is 4. The van der Waals surface area contributed by atoms with Crippen molar-refractivity contribution >= 4 is 66.7 Å². The minimum absolute atomic E-state index is 0.0614. The van der Waals surface area contributed by atoms with Crippen LogP contribution in [-0.2, 0) is 29.5 Å². The molecule has 0 saturated carbocycles. The van der Waals surface area contributed by atoms with Gasteiger partial charge in [-0.3, -0.25) is 18.9 Å². The molecule has 2 aromatic heterocycles. The van der Waals surface area contributed by atoms with Crippen molar-refractivity contribution in [3.8, 4) is 0 Å². The van der Waals surface area contributed by atoms with Gasteiger partial charge in [-0.05, 0) is 0 Å². The smallest absolute Gasteiger partial charge is 0.362 e. The molecule has 18 heteroatoms. The number of nitrogens with one attached hydrogen (secondary N) is 2. The van der Waals surface area contributed by atoms with E-state index in [1.54, 1.807) is 0 Å². The monoisotopic (exact) mass is 504 g/mol. The fourth-order valence-corrected chi connectivity index (χ4v) is 4.39. The maximum absolute atomic E-state index is 12.8. The van der Waals surface area contributed by atoms with Crippen molar-refractivity contribution in [3.05, 3.63) is 22.1 Å². The number of oxime groups is 1. The normalized spacial score (nSPS) is 17.4. The van der Waals surface area contributed by atoms with Crippen LogP contribution < -0.4 is 22.1 Å². The molecular weight excluding hydrogens is 488 g/mol. The average molecular weight is 505 g/mol. The summed E-state index contributed by atoms with van der Waals surface area (Å²) in [6, 6.07) is -2.66. The number of β-lactam (4-membered cyclic amide) rings is 1. The SMILES string of the molecule is CON=C(C(=O)NC(C(=O)NC1CN(S(=O)(=O)O)C1=O)c1csc(N)n1)c1csc(N)n1. The van der Waals surface area contributed by atoms with Gasteiger partial charge in [-0.1, -0.05) is 5.16 Å². The van der Waals surface area contributed by atoms with Crippen molar-refractivity contribution < 1.29 is 32.2 Å². The van der Waals surface area contributed by atoms with Gasteiger partial charge in [0.1, 0.15) is 18.8 Å². The zero-order valence-electron chi connectivity index (χ0n) is 16.1. The van der Waals surface area contributed by atoms with Crippen LogP contribution in [0.15, 0.2) is 15.9 Å². The molecule has 3 amide bonds. The third-order valence-electron chi connectivity index (χ3n) is 4.02. The van der Waals surface area contributed by atoms with E-state index in [1.807, 2.05) is 0 Å². The van der Waals surface area contributed by atoms with E-state index >= 15 is 0 Å². The molecular formula is C14H16N8O7S3. The summed E-state index contributed by atoms with van der Waals surface area (Å²) in [4.78, 5) is 50.2. The van der Waals surface area contributed by atoms with E-state index in [-0.39, 0.29) is 31.7 Å². The molecule has 3 heterocycles. The van der Waals surface area contributed by atoms with Gasteiger partial charge in [0.25, 0.3) is 11.8 Å². The van der Waals surface area contributed by atoms with Crippen molar-refractivity contribution in [3.63, 3.8) is 0 Å². The molecule has 0 bridgehead atoms. The number of carbonyl (C=O) groups excluding carboxylic acids is 3. The maximum atomic E-state index is 12.8. The van der Waals surface area contributed by atoms with E-state index < -0.39 is 46.7 Å². The summed E-state index contributed by atoms with van der Waals surface area (Å²) in [6.45, 7) is -0.474. The first-order chi connectivity index (χ1) is 15.0. The van der Waals surface area contributed by atoms with Gasteiger partial charge >= 0.3 is 10.3 Å². The molecule has 1 aliphatic rings. The standard InChI is InChI=1S/C14H16N8O7S3/c1-29-21-9(7-4-31-14(16)19-7)11(24)20-8(6-3-30-13(15)18-6)10(23)17-5-2-22(12(5)25)32(26,27)28/h3-5,8H,2H2,1H3,(H2,15,18)(H2,16,19)(H,17,23)(H,20,24)(H,26,27,28). The van der Waals surface area contributed by atoms with Crippen LogP contribution in [0.2, 0.25) is 0 Å². The first kappa shape index (κ1) is 23.3. The Morgan fingerprint density at radius 1 is 1.31 bits per heavy atom.